The van der Waals surface area contributed by atoms with Gasteiger partial charge in [0.25, 0.3) is 0 Å². The maximum atomic E-state index is 12.6. The monoisotopic (exact) mass is 457 g/mol. The Morgan fingerprint density at radius 2 is 1.91 bits per heavy atom. The highest BCUT2D eigenvalue weighted by atomic mass is 16.5. The minimum absolute atomic E-state index is 0.0360. The van der Waals surface area contributed by atoms with Gasteiger partial charge in [-0.15, -0.1) is 0 Å². The van der Waals surface area contributed by atoms with Crippen molar-refractivity contribution in [2.24, 2.45) is 0 Å². The van der Waals surface area contributed by atoms with Crippen molar-refractivity contribution in [1.29, 1.82) is 0 Å². The highest BCUT2D eigenvalue weighted by Gasteiger charge is 2.32. The summed E-state index contributed by atoms with van der Waals surface area (Å²) in [7, 11) is 1.65. The maximum Gasteiger partial charge on any atom is 0.239 e. The van der Waals surface area contributed by atoms with Crippen LogP contribution in [-0.2, 0) is 9.59 Å². The molecule has 2 unspecified atom stereocenters. The van der Waals surface area contributed by atoms with Crippen molar-refractivity contribution in [1.82, 2.24) is 15.1 Å². The van der Waals surface area contributed by atoms with Crippen LogP contribution in [-0.4, -0.2) is 73.6 Å². The van der Waals surface area contributed by atoms with E-state index >= 15 is 0 Å². The van der Waals surface area contributed by atoms with E-state index in [1.165, 1.54) is 32.1 Å². The summed E-state index contributed by atoms with van der Waals surface area (Å²) in [5.41, 5.74) is 1.07. The highest BCUT2D eigenvalue weighted by Crippen LogP contribution is 2.37. The molecule has 3 fully saturated rings. The second-order valence-corrected chi connectivity index (χ2v) is 9.84. The van der Waals surface area contributed by atoms with Gasteiger partial charge in [0.2, 0.25) is 11.8 Å². The summed E-state index contributed by atoms with van der Waals surface area (Å²) in [5.74, 6) is 1.52. The molecule has 1 N–H and O–H groups in total. The molecule has 2 heterocycles. The van der Waals surface area contributed by atoms with Gasteiger partial charge in [-0.05, 0) is 69.7 Å². The van der Waals surface area contributed by atoms with Gasteiger partial charge in [0.15, 0.2) is 11.5 Å². The molecule has 2 atom stereocenters. The van der Waals surface area contributed by atoms with E-state index in [0.29, 0.717) is 25.6 Å². The van der Waals surface area contributed by atoms with Gasteiger partial charge in [-0.3, -0.25) is 14.5 Å². The number of hydrogen-bond acceptors (Lipinski definition) is 5. The third-order valence-electron chi connectivity index (χ3n) is 7.47. The zero-order valence-corrected chi connectivity index (χ0v) is 20.2. The number of ether oxygens (including phenoxy) is 2. The largest absolute Gasteiger partial charge is 0.493 e. The normalized spacial score (nSPS) is 24.3. The summed E-state index contributed by atoms with van der Waals surface area (Å²) < 4.78 is 11.7. The molecular weight excluding hydrogens is 418 g/mol. The molecule has 0 bridgehead atoms. The second-order valence-electron chi connectivity index (χ2n) is 9.84. The molecule has 0 radical (unpaired) electrons. The molecule has 1 aromatic carbocycles. The van der Waals surface area contributed by atoms with E-state index in [1.807, 2.05) is 18.2 Å². The average molecular weight is 458 g/mol. The van der Waals surface area contributed by atoms with Crippen LogP contribution in [0.25, 0.3) is 0 Å². The predicted octanol–water partition coefficient (Wildman–Crippen LogP) is 3.32. The second kappa shape index (κ2) is 11.2. The summed E-state index contributed by atoms with van der Waals surface area (Å²) in [4.78, 5) is 29.2. The molecule has 7 nitrogen and oxygen atoms in total. The Labute approximate surface area is 197 Å². The van der Waals surface area contributed by atoms with Crippen LogP contribution in [0.5, 0.6) is 11.5 Å². The topological polar surface area (TPSA) is 71.1 Å². The molecule has 0 aromatic heterocycles. The summed E-state index contributed by atoms with van der Waals surface area (Å²) in [6.07, 6.45) is 9.00. The SMILES string of the molecule is COc1ccc(C2CC(=O)N(CC(=O)NCCN3CCCCC3C)C2)cc1OC1CCCC1. The fourth-order valence-electron chi connectivity index (χ4n) is 5.43. The zero-order chi connectivity index (χ0) is 23.2. The number of likely N-dealkylation sites (tertiary alicyclic amines) is 2. The van der Waals surface area contributed by atoms with Crippen LogP contribution < -0.4 is 14.8 Å². The number of carbonyl (C=O) groups excluding carboxylic acids is 2. The van der Waals surface area contributed by atoms with Gasteiger partial charge in [-0.2, -0.15) is 0 Å². The lowest BCUT2D eigenvalue weighted by Gasteiger charge is -2.33. The van der Waals surface area contributed by atoms with E-state index in [-0.39, 0.29) is 30.4 Å². The Hall–Kier alpha value is -2.28. The standard InChI is InChI=1S/C26H39N3O4/c1-19-7-5-6-13-28(19)14-12-27-25(30)18-29-17-21(16-26(29)31)20-10-11-23(32-2)24(15-20)33-22-8-3-4-9-22/h10-11,15,19,21-22H,3-9,12-14,16-18H2,1-2H3,(H,27,30). The van der Waals surface area contributed by atoms with Crippen LogP contribution in [0.1, 0.15) is 69.8 Å². The Balaban J connectivity index is 1.29. The summed E-state index contributed by atoms with van der Waals surface area (Å²) in [6, 6.07) is 6.56. The Kier molecular flexibility index (Phi) is 8.12. The van der Waals surface area contributed by atoms with E-state index in [0.717, 1.165) is 43.0 Å². The van der Waals surface area contributed by atoms with Gasteiger partial charge in [-0.1, -0.05) is 12.5 Å². The minimum atomic E-state index is -0.0753. The zero-order valence-electron chi connectivity index (χ0n) is 20.2. The number of methoxy groups -OCH3 is 1. The number of rotatable bonds is 9. The number of nitrogens with one attached hydrogen (secondary N) is 1. The molecule has 1 saturated carbocycles. The molecule has 2 amide bonds. The van der Waals surface area contributed by atoms with Gasteiger partial charge >= 0.3 is 0 Å². The quantitative estimate of drug-likeness (QED) is 0.616. The smallest absolute Gasteiger partial charge is 0.239 e. The molecule has 2 aliphatic heterocycles. The van der Waals surface area contributed by atoms with Crippen molar-refractivity contribution in [3.05, 3.63) is 23.8 Å². The van der Waals surface area contributed by atoms with Gasteiger partial charge in [0.05, 0.1) is 19.8 Å². The number of amides is 2. The van der Waals surface area contributed by atoms with Crippen LogP contribution in [0.15, 0.2) is 18.2 Å². The van der Waals surface area contributed by atoms with Gasteiger partial charge in [0, 0.05) is 38.0 Å². The van der Waals surface area contributed by atoms with E-state index in [9.17, 15) is 9.59 Å². The lowest BCUT2D eigenvalue weighted by molar-refractivity contribution is -0.133. The number of hydrogen-bond donors (Lipinski definition) is 1. The van der Waals surface area contributed by atoms with Crippen molar-refractivity contribution < 1.29 is 19.1 Å². The summed E-state index contributed by atoms with van der Waals surface area (Å²) >= 11 is 0. The molecule has 1 aromatic rings. The van der Waals surface area contributed by atoms with Crippen LogP contribution in [0.4, 0.5) is 0 Å². The molecule has 3 aliphatic rings. The average Bonchev–Trinajstić information content (AvgIpc) is 3.45. The number of benzene rings is 1. The molecule has 33 heavy (non-hydrogen) atoms. The third-order valence-corrected chi connectivity index (χ3v) is 7.47. The first kappa shape index (κ1) is 23.9. The number of piperidine rings is 1. The molecular formula is C26H39N3O4. The lowest BCUT2D eigenvalue weighted by atomic mass is 9.98. The lowest BCUT2D eigenvalue weighted by Crippen LogP contribution is -2.44. The van der Waals surface area contributed by atoms with Crippen LogP contribution in [0, 0.1) is 0 Å². The van der Waals surface area contributed by atoms with Crippen LogP contribution in [0.3, 0.4) is 0 Å². The first-order valence-electron chi connectivity index (χ1n) is 12.7. The van der Waals surface area contributed by atoms with E-state index in [1.54, 1.807) is 12.0 Å². The van der Waals surface area contributed by atoms with Crippen molar-refractivity contribution in [3.8, 4) is 11.5 Å². The minimum Gasteiger partial charge on any atom is -0.493 e. The fourth-order valence-corrected chi connectivity index (χ4v) is 5.43. The van der Waals surface area contributed by atoms with E-state index < -0.39 is 0 Å². The summed E-state index contributed by atoms with van der Waals surface area (Å²) in [5, 5.41) is 3.01. The predicted molar refractivity (Wildman–Crippen MR) is 128 cm³/mol. The maximum absolute atomic E-state index is 12.6. The highest BCUT2D eigenvalue weighted by molar-refractivity contribution is 5.86. The number of nitrogens with zero attached hydrogens (tertiary/aromatic N) is 2. The van der Waals surface area contributed by atoms with Gasteiger partial charge < -0.3 is 19.7 Å². The fraction of sp³-hybridized carbons (Fsp3) is 0.692. The molecule has 2 saturated heterocycles. The van der Waals surface area contributed by atoms with Crippen molar-refractivity contribution in [2.75, 3.05) is 39.8 Å². The molecule has 182 valence electrons. The van der Waals surface area contributed by atoms with Gasteiger partial charge in [0.1, 0.15) is 0 Å². The Morgan fingerprint density at radius 3 is 2.67 bits per heavy atom. The Bertz CT molecular complexity index is 824. The van der Waals surface area contributed by atoms with Crippen molar-refractivity contribution in [3.63, 3.8) is 0 Å². The molecule has 0 spiro atoms. The molecule has 1 aliphatic carbocycles. The van der Waals surface area contributed by atoms with Crippen LogP contribution >= 0.6 is 0 Å². The van der Waals surface area contributed by atoms with Crippen molar-refractivity contribution in [2.45, 2.75) is 76.4 Å². The van der Waals surface area contributed by atoms with Crippen LogP contribution in [0.2, 0.25) is 0 Å². The third kappa shape index (κ3) is 6.19. The Morgan fingerprint density at radius 1 is 1.12 bits per heavy atom. The summed E-state index contributed by atoms with van der Waals surface area (Å²) in [6.45, 7) is 5.57. The van der Waals surface area contributed by atoms with E-state index in [4.69, 9.17) is 9.47 Å². The molecule has 4 rings (SSSR count). The first-order chi connectivity index (χ1) is 16.0. The first-order valence-corrected chi connectivity index (χ1v) is 12.7. The number of carbonyl (C=O) groups is 2. The molecule has 7 heteroatoms. The van der Waals surface area contributed by atoms with E-state index in [2.05, 4.69) is 17.1 Å². The van der Waals surface area contributed by atoms with Crippen molar-refractivity contribution >= 4 is 11.8 Å². The van der Waals surface area contributed by atoms with Gasteiger partial charge in [-0.25, -0.2) is 0 Å².